The minimum atomic E-state index is -0.531. The van der Waals surface area contributed by atoms with Crippen LogP contribution in [0.2, 0.25) is 0 Å². The van der Waals surface area contributed by atoms with Gasteiger partial charge in [-0.2, -0.15) is 0 Å². The van der Waals surface area contributed by atoms with E-state index < -0.39 is 10.8 Å². The Bertz CT molecular complexity index is 290. The minimum Gasteiger partial charge on any atom is -0.293 e. The lowest BCUT2D eigenvalue weighted by Crippen LogP contribution is -2.32. The summed E-state index contributed by atoms with van der Waals surface area (Å²) in [6.45, 7) is 14.7. The lowest BCUT2D eigenvalue weighted by Gasteiger charge is -2.24. The van der Waals surface area contributed by atoms with E-state index in [0.29, 0.717) is 6.42 Å². The molecule has 0 aliphatic rings. The number of Topliss-reactive ketones (excluding diaryl/α,β-unsaturated/α-hetero) is 2. The number of ketones is 2. The zero-order chi connectivity index (χ0) is 12.4. The van der Waals surface area contributed by atoms with Gasteiger partial charge in [0.25, 0.3) is 0 Å². The standard InChI is InChI=1S/C13H22O2/c1-8-13(6,7)11(15)9(2)10(14)12(3,4)5/h2,8H2,1,3-7H3. The highest BCUT2D eigenvalue weighted by molar-refractivity contribution is 6.22. The van der Waals surface area contributed by atoms with Gasteiger partial charge in [-0.3, -0.25) is 9.59 Å². The molecule has 0 heterocycles. The van der Waals surface area contributed by atoms with Crippen LogP contribution in [-0.2, 0) is 9.59 Å². The molecule has 0 aromatic heterocycles. The number of hydrogen-bond acceptors (Lipinski definition) is 2. The molecular weight excluding hydrogens is 188 g/mol. The van der Waals surface area contributed by atoms with Crippen molar-refractivity contribution in [3.63, 3.8) is 0 Å². The molecule has 0 saturated carbocycles. The highest BCUT2D eigenvalue weighted by Gasteiger charge is 2.34. The topological polar surface area (TPSA) is 34.1 Å². The van der Waals surface area contributed by atoms with Crippen molar-refractivity contribution in [3.8, 4) is 0 Å². The molecule has 0 radical (unpaired) electrons. The van der Waals surface area contributed by atoms with Crippen LogP contribution in [0.25, 0.3) is 0 Å². The second-order valence-corrected chi connectivity index (χ2v) is 5.62. The van der Waals surface area contributed by atoms with Crippen LogP contribution in [0.3, 0.4) is 0 Å². The lowest BCUT2D eigenvalue weighted by atomic mass is 9.77. The summed E-state index contributed by atoms with van der Waals surface area (Å²) in [5, 5.41) is 0. The third-order valence-electron chi connectivity index (χ3n) is 2.73. The van der Waals surface area contributed by atoms with E-state index in [-0.39, 0.29) is 17.1 Å². The molecular formula is C13H22O2. The Hall–Kier alpha value is -0.920. The quantitative estimate of drug-likeness (QED) is 0.406. The SMILES string of the molecule is C=C(C(=O)C(C)(C)C)C(=O)C(C)(C)CC. The summed E-state index contributed by atoms with van der Waals surface area (Å²) in [7, 11) is 0. The zero-order valence-corrected chi connectivity index (χ0v) is 10.7. The van der Waals surface area contributed by atoms with Gasteiger partial charge in [-0.1, -0.05) is 48.1 Å². The van der Waals surface area contributed by atoms with Crippen LogP contribution >= 0.6 is 0 Å². The van der Waals surface area contributed by atoms with Crippen molar-refractivity contribution in [3.05, 3.63) is 12.2 Å². The fraction of sp³-hybridized carbons (Fsp3) is 0.692. The van der Waals surface area contributed by atoms with Gasteiger partial charge in [-0.25, -0.2) is 0 Å². The average molecular weight is 210 g/mol. The molecule has 15 heavy (non-hydrogen) atoms. The van der Waals surface area contributed by atoms with E-state index in [9.17, 15) is 9.59 Å². The molecule has 0 spiro atoms. The van der Waals surface area contributed by atoms with Gasteiger partial charge in [0, 0.05) is 10.8 Å². The van der Waals surface area contributed by atoms with E-state index in [1.54, 1.807) is 20.8 Å². The van der Waals surface area contributed by atoms with Crippen LogP contribution in [-0.4, -0.2) is 11.6 Å². The molecule has 0 bridgehead atoms. The molecule has 0 rings (SSSR count). The van der Waals surface area contributed by atoms with Crippen molar-refractivity contribution in [2.24, 2.45) is 10.8 Å². The Balaban J connectivity index is 4.91. The molecule has 2 nitrogen and oxygen atoms in total. The molecule has 0 aromatic rings. The summed E-state index contributed by atoms with van der Waals surface area (Å²) < 4.78 is 0. The molecule has 0 aliphatic carbocycles. The zero-order valence-electron chi connectivity index (χ0n) is 10.7. The summed E-state index contributed by atoms with van der Waals surface area (Å²) in [5.41, 5.74) is -0.886. The van der Waals surface area contributed by atoms with Gasteiger partial charge in [0.2, 0.25) is 0 Å². The maximum absolute atomic E-state index is 12.0. The second kappa shape index (κ2) is 4.30. The predicted octanol–water partition coefficient (Wildman–Crippen LogP) is 3.16. The third-order valence-corrected chi connectivity index (χ3v) is 2.73. The monoisotopic (exact) mass is 210 g/mol. The first kappa shape index (κ1) is 14.1. The molecule has 0 aromatic carbocycles. The molecule has 0 amide bonds. The molecule has 0 fully saturated rings. The molecule has 0 N–H and O–H groups in total. The van der Waals surface area contributed by atoms with E-state index in [1.807, 2.05) is 20.8 Å². The Labute approximate surface area is 92.8 Å². The van der Waals surface area contributed by atoms with E-state index in [1.165, 1.54) is 0 Å². The molecule has 0 saturated heterocycles. The van der Waals surface area contributed by atoms with Crippen LogP contribution < -0.4 is 0 Å². The van der Waals surface area contributed by atoms with Gasteiger partial charge in [-0.05, 0) is 6.42 Å². The Morgan fingerprint density at radius 2 is 1.40 bits per heavy atom. The average Bonchev–Trinajstić information content (AvgIpc) is 2.12. The summed E-state index contributed by atoms with van der Waals surface area (Å²) in [4.78, 5) is 23.8. The Morgan fingerprint density at radius 3 is 1.67 bits per heavy atom. The number of rotatable bonds is 4. The number of hydrogen-bond donors (Lipinski definition) is 0. The first-order valence-electron chi connectivity index (χ1n) is 5.32. The first-order chi connectivity index (χ1) is 6.54. The first-order valence-corrected chi connectivity index (χ1v) is 5.32. The normalized spacial score (nSPS) is 12.4. The van der Waals surface area contributed by atoms with Gasteiger partial charge >= 0.3 is 0 Å². The third kappa shape index (κ3) is 3.29. The van der Waals surface area contributed by atoms with Crippen LogP contribution in [0, 0.1) is 10.8 Å². The summed E-state index contributed by atoms with van der Waals surface area (Å²) in [5.74, 6) is -0.293. The maximum Gasteiger partial charge on any atom is 0.171 e. The predicted molar refractivity (Wildman–Crippen MR) is 62.7 cm³/mol. The van der Waals surface area contributed by atoms with E-state index in [0.717, 1.165) is 0 Å². The fourth-order valence-corrected chi connectivity index (χ4v) is 1.12. The van der Waals surface area contributed by atoms with Crippen molar-refractivity contribution in [2.45, 2.75) is 48.0 Å². The van der Waals surface area contributed by atoms with Gasteiger partial charge in [0.1, 0.15) is 0 Å². The van der Waals surface area contributed by atoms with Crippen LogP contribution in [0.5, 0.6) is 0 Å². The smallest absolute Gasteiger partial charge is 0.171 e. The molecule has 2 heteroatoms. The van der Waals surface area contributed by atoms with Crippen LogP contribution in [0.4, 0.5) is 0 Å². The molecule has 0 aliphatic heterocycles. The summed E-state index contributed by atoms with van der Waals surface area (Å²) >= 11 is 0. The summed E-state index contributed by atoms with van der Waals surface area (Å²) in [6, 6.07) is 0. The van der Waals surface area contributed by atoms with E-state index >= 15 is 0 Å². The highest BCUT2D eigenvalue weighted by atomic mass is 16.2. The Morgan fingerprint density at radius 1 is 1.00 bits per heavy atom. The van der Waals surface area contributed by atoms with Gasteiger partial charge in [0.05, 0.1) is 5.57 Å². The largest absolute Gasteiger partial charge is 0.293 e. The molecule has 86 valence electrons. The van der Waals surface area contributed by atoms with Crippen LogP contribution in [0.15, 0.2) is 12.2 Å². The van der Waals surface area contributed by atoms with Crippen molar-refractivity contribution in [2.75, 3.05) is 0 Å². The second-order valence-electron chi connectivity index (χ2n) is 5.62. The molecule has 0 unspecified atom stereocenters. The molecule has 0 atom stereocenters. The van der Waals surface area contributed by atoms with Gasteiger partial charge in [-0.15, -0.1) is 0 Å². The summed E-state index contributed by atoms with van der Waals surface area (Å²) in [6.07, 6.45) is 0.711. The Kier molecular flexibility index (Phi) is 4.03. The maximum atomic E-state index is 12.0. The number of allylic oxidation sites excluding steroid dienone is 1. The van der Waals surface area contributed by atoms with Crippen molar-refractivity contribution in [1.29, 1.82) is 0 Å². The van der Waals surface area contributed by atoms with Gasteiger partial charge < -0.3 is 0 Å². The highest BCUT2D eigenvalue weighted by Crippen LogP contribution is 2.28. The number of carbonyl (C=O) groups is 2. The van der Waals surface area contributed by atoms with Crippen molar-refractivity contribution < 1.29 is 9.59 Å². The van der Waals surface area contributed by atoms with E-state index in [2.05, 4.69) is 6.58 Å². The number of carbonyl (C=O) groups excluding carboxylic acids is 2. The van der Waals surface area contributed by atoms with Crippen molar-refractivity contribution in [1.82, 2.24) is 0 Å². The van der Waals surface area contributed by atoms with Gasteiger partial charge in [0.15, 0.2) is 11.6 Å². The van der Waals surface area contributed by atoms with E-state index in [4.69, 9.17) is 0 Å². The van der Waals surface area contributed by atoms with Crippen LogP contribution in [0.1, 0.15) is 48.0 Å². The lowest BCUT2D eigenvalue weighted by molar-refractivity contribution is -0.129. The minimum absolute atomic E-state index is 0.134. The fourth-order valence-electron chi connectivity index (χ4n) is 1.12. The van der Waals surface area contributed by atoms with Crippen molar-refractivity contribution >= 4 is 11.6 Å².